The quantitative estimate of drug-likeness (QED) is 0.428. The number of hydrogen-bond acceptors (Lipinski definition) is 2. The molecule has 0 aromatic heterocycles. The van der Waals surface area contributed by atoms with Gasteiger partial charge in [0.25, 0.3) is 0 Å². The lowest BCUT2D eigenvalue weighted by atomic mass is 9.97. The molecule has 0 atom stereocenters. The molecule has 0 saturated carbocycles. The highest BCUT2D eigenvalue weighted by atomic mass is 19.1. The second kappa shape index (κ2) is 14.3. The summed E-state index contributed by atoms with van der Waals surface area (Å²) in [7, 11) is 0. The topological polar surface area (TPSA) is 29.3 Å². The van der Waals surface area contributed by atoms with Crippen LogP contribution >= 0.6 is 0 Å². The number of benzene rings is 3. The van der Waals surface area contributed by atoms with Crippen molar-refractivity contribution in [2.45, 2.75) is 33.2 Å². The molecule has 31 heavy (non-hydrogen) atoms. The van der Waals surface area contributed by atoms with E-state index in [0.717, 1.165) is 25.2 Å². The van der Waals surface area contributed by atoms with Crippen LogP contribution in [-0.4, -0.2) is 24.5 Å². The van der Waals surface area contributed by atoms with Crippen molar-refractivity contribution >= 4 is 5.57 Å². The zero-order chi connectivity index (χ0) is 22.3. The van der Waals surface area contributed by atoms with Crippen LogP contribution in [0.15, 0.2) is 91.0 Å². The molecular weight excluding hydrogens is 383 g/mol. The third kappa shape index (κ3) is 8.87. The molecule has 0 unspecified atom stereocenters. The Morgan fingerprint density at radius 3 is 1.77 bits per heavy atom. The lowest BCUT2D eigenvalue weighted by Crippen LogP contribution is -2.29. The Kier molecular flexibility index (Phi) is 11.3. The Bertz CT molecular complexity index is 830. The zero-order valence-corrected chi connectivity index (χ0v) is 18.8. The number of unbranched alkanes of at least 4 members (excludes halogenated alkanes) is 1. The molecule has 164 valence electrons. The summed E-state index contributed by atoms with van der Waals surface area (Å²) in [6.07, 6.45) is 4.89. The summed E-state index contributed by atoms with van der Waals surface area (Å²) >= 11 is 0. The summed E-state index contributed by atoms with van der Waals surface area (Å²) in [5.74, 6) is -0.209. The second-order valence-electron chi connectivity index (χ2n) is 7.50. The molecule has 3 heteroatoms. The van der Waals surface area contributed by atoms with E-state index in [2.05, 4.69) is 73.4 Å². The first-order chi connectivity index (χ1) is 15.2. The summed E-state index contributed by atoms with van der Waals surface area (Å²) in [4.78, 5) is 2.28. The highest BCUT2D eigenvalue weighted by molar-refractivity contribution is 5.79. The molecule has 2 nitrogen and oxygen atoms in total. The summed E-state index contributed by atoms with van der Waals surface area (Å²) in [6, 6.07) is 27.5. The first-order valence-electron chi connectivity index (χ1n) is 11.2. The van der Waals surface area contributed by atoms with Gasteiger partial charge < -0.3 is 5.73 Å². The summed E-state index contributed by atoms with van der Waals surface area (Å²) in [5.41, 5.74) is 10.5. The molecule has 3 aromatic rings. The number of rotatable bonds is 9. The highest BCUT2D eigenvalue weighted by Crippen LogP contribution is 2.23. The third-order valence-corrected chi connectivity index (χ3v) is 4.99. The molecule has 0 aliphatic carbocycles. The number of nitrogens with zero attached hydrogens (tertiary/aromatic N) is 1. The molecule has 2 N–H and O–H groups in total. The van der Waals surface area contributed by atoms with Crippen LogP contribution in [0.1, 0.15) is 43.4 Å². The van der Waals surface area contributed by atoms with Crippen LogP contribution in [0.5, 0.6) is 0 Å². The first kappa shape index (κ1) is 24.5. The lowest BCUT2D eigenvalue weighted by Gasteiger charge is -2.21. The zero-order valence-electron chi connectivity index (χ0n) is 18.8. The van der Waals surface area contributed by atoms with Crippen LogP contribution < -0.4 is 5.73 Å². The van der Waals surface area contributed by atoms with Crippen LogP contribution in [0.4, 0.5) is 4.39 Å². The average molecular weight is 419 g/mol. The fourth-order valence-electron chi connectivity index (χ4n) is 3.12. The van der Waals surface area contributed by atoms with Gasteiger partial charge in [0.15, 0.2) is 0 Å². The Morgan fingerprint density at radius 1 is 0.806 bits per heavy atom. The smallest absolute Gasteiger partial charge is 0.123 e. The fourth-order valence-corrected chi connectivity index (χ4v) is 3.12. The van der Waals surface area contributed by atoms with Gasteiger partial charge >= 0.3 is 0 Å². The molecule has 3 aromatic carbocycles. The van der Waals surface area contributed by atoms with E-state index in [4.69, 9.17) is 5.73 Å². The van der Waals surface area contributed by atoms with Crippen molar-refractivity contribution < 1.29 is 4.39 Å². The van der Waals surface area contributed by atoms with E-state index < -0.39 is 0 Å². The van der Waals surface area contributed by atoms with Gasteiger partial charge in [0, 0.05) is 26.2 Å². The largest absolute Gasteiger partial charge is 0.329 e. The van der Waals surface area contributed by atoms with E-state index in [1.807, 2.05) is 24.3 Å². The molecule has 0 heterocycles. The van der Waals surface area contributed by atoms with Gasteiger partial charge in [0.05, 0.1) is 0 Å². The minimum Gasteiger partial charge on any atom is -0.329 e. The Balaban J connectivity index is 0.000000785. The van der Waals surface area contributed by atoms with Crippen molar-refractivity contribution in [2.75, 3.05) is 19.6 Å². The van der Waals surface area contributed by atoms with Crippen molar-refractivity contribution in [1.29, 1.82) is 0 Å². The van der Waals surface area contributed by atoms with Crippen molar-refractivity contribution in [2.24, 2.45) is 5.73 Å². The van der Waals surface area contributed by atoms with E-state index in [0.29, 0.717) is 6.54 Å². The van der Waals surface area contributed by atoms with Crippen LogP contribution in [-0.2, 0) is 6.54 Å². The maximum absolute atomic E-state index is 13.2. The molecule has 0 aliphatic heterocycles. The van der Waals surface area contributed by atoms with Gasteiger partial charge in [-0.25, -0.2) is 4.39 Å². The molecule has 0 spiro atoms. The number of nitrogens with two attached hydrogens (primary N) is 1. The standard InChI is InChI=1S/C24H25FN2.C4H10/c25-23-13-11-20(12-14-23)19-27(18-16-26)17-15-24(21-7-3-1-4-8-21)22-9-5-2-6-10-22;1-3-4-2/h1-15H,16-19,26H2;3-4H2,1-2H3. The predicted octanol–water partition coefficient (Wildman–Crippen LogP) is 6.52. The SMILES string of the molecule is CCCC.NCCN(CC=C(c1ccccc1)c1ccccc1)Cc1ccc(F)cc1. The van der Waals surface area contributed by atoms with Gasteiger partial charge in [0.2, 0.25) is 0 Å². The van der Waals surface area contributed by atoms with Crippen LogP contribution in [0.2, 0.25) is 0 Å². The van der Waals surface area contributed by atoms with Gasteiger partial charge in [-0.3, -0.25) is 4.90 Å². The number of halogens is 1. The third-order valence-electron chi connectivity index (χ3n) is 4.99. The Labute approximate surface area is 187 Å². The molecule has 0 bridgehead atoms. The van der Waals surface area contributed by atoms with E-state index in [-0.39, 0.29) is 5.82 Å². The fraction of sp³-hybridized carbons (Fsp3) is 0.286. The van der Waals surface area contributed by atoms with E-state index in [9.17, 15) is 4.39 Å². The normalized spacial score (nSPS) is 10.4. The summed E-state index contributed by atoms with van der Waals surface area (Å²) in [6.45, 7) is 7.24. The monoisotopic (exact) mass is 418 g/mol. The van der Waals surface area contributed by atoms with Crippen molar-refractivity contribution in [3.05, 3.63) is 114 Å². The minimum atomic E-state index is -0.209. The molecule has 3 rings (SSSR count). The van der Waals surface area contributed by atoms with E-state index in [1.165, 1.54) is 41.7 Å². The second-order valence-corrected chi connectivity index (χ2v) is 7.50. The van der Waals surface area contributed by atoms with Crippen LogP contribution in [0, 0.1) is 5.82 Å². The minimum absolute atomic E-state index is 0.209. The van der Waals surface area contributed by atoms with Gasteiger partial charge in [-0.1, -0.05) is 106 Å². The summed E-state index contributed by atoms with van der Waals surface area (Å²) in [5, 5.41) is 0. The van der Waals surface area contributed by atoms with Crippen molar-refractivity contribution in [3.63, 3.8) is 0 Å². The molecule has 0 amide bonds. The maximum atomic E-state index is 13.2. The van der Waals surface area contributed by atoms with E-state index in [1.54, 1.807) is 0 Å². The van der Waals surface area contributed by atoms with E-state index >= 15 is 0 Å². The van der Waals surface area contributed by atoms with Gasteiger partial charge in [-0.2, -0.15) is 0 Å². The van der Waals surface area contributed by atoms with Gasteiger partial charge in [-0.15, -0.1) is 0 Å². The lowest BCUT2D eigenvalue weighted by molar-refractivity contribution is 0.303. The Morgan fingerprint density at radius 2 is 1.32 bits per heavy atom. The van der Waals surface area contributed by atoms with Gasteiger partial charge in [-0.05, 0) is 34.4 Å². The molecule has 0 aliphatic rings. The molecule has 0 fully saturated rings. The highest BCUT2D eigenvalue weighted by Gasteiger charge is 2.08. The van der Waals surface area contributed by atoms with Crippen molar-refractivity contribution in [1.82, 2.24) is 4.90 Å². The Hall–Kier alpha value is -2.75. The van der Waals surface area contributed by atoms with Crippen molar-refractivity contribution in [3.8, 4) is 0 Å². The van der Waals surface area contributed by atoms with Crippen LogP contribution in [0.3, 0.4) is 0 Å². The number of hydrogen-bond donors (Lipinski definition) is 1. The van der Waals surface area contributed by atoms with Gasteiger partial charge in [0.1, 0.15) is 5.82 Å². The predicted molar refractivity (Wildman–Crippen MR) is 131 cm³/mol. The first-order valence-corrected chi connectivity index (χ1v) is 11.2. The molecule has 0 radical (unpaired) electrons. The maximum Gasteiger partial charge on any atom is 0.123 e. The molecule has 0 saturated heterocycles. The molecular formula is C28H35FN2. The summed E-state index contributed by atoms with van der Waals surface area (Å²) < 4.78 is 13.2. The average Bonchev–Trinajstić information content (AvgIpc) is 2.82. The van der Waals surface area contributed by atoms with Crippen LogP contribution in [0.25, 0.3) is 5.57 Å².